The molecule has 0 unspecified atom stereocenters. The number of carbonyl (C=O) groups is 1. The number of benzene rings is 1. The third-order valence-electron chi connectivity index (χ3n) is 2.85. The number of alkyl halides is 2. The lowest BCUT2D eigenvalue weighted by molar-refractivity contribution is -0.139. The fourth-order valence-corrected chi connectivity index (χ4v) is 2.94. The molecule has 1 aromatic carbocycles. The summed E-state index contributed by atoms with van der Waals surface area (Å²) in [4.78, 5) is 10.9. The topological polar surface area (TPSA) is 60.4 Å². The fraction of sp³-hybridized carbons (Fsp3) is 0.357. The Morgan fingerprint density at radius 2 is 1.81 bits per heavy atom. The van der Waals surface area contributed by atoms with Crippen LogP contribution in [-0.4, -0.2) is 33.2 Å². The van der Waals surface area contributed by atoms with E-state index in [1.807, 2.05) is 0 Å². The average molecular weight is 318 g/mol. The number of rotatable bonds is 6. The first-order valence-electron chi connectivity index (χ1n) is 6.01. The number of allylic oxidation sites excluding steroid dienone is 1. The highest BCUT2D eigenvalue weighted by molar-refractivity contribution is 7.91. The standard InChI is InChI=1S/C14H16F2O4S/c1-10(2)14(15,16)9-21(18,19)12-6-4-11(5-7-12)8-13(17)20-3/h4-7H,1,8-9H2,2-3H3. The molecule has 0 aromatic heterocycles. The number of hydrogen-bond acceptors (Lipinski definition) is 4. The molecule has 7 heteroatoms. The zero-order chi connectivity index (χ0) is 16.3. The molecule has 0 aliphatic carbocycles. The van der Waals surface area contributed by atoms with Crippen LogP contribution in [0.5, 0.6) is 0 Å². The van der Waals surface area contributed by atoms with Crippen LogP contribution < -0.4 is 0 Å². The maximum Gasteiger partial charge on any atom is 0.309 e. The zero-order valence-electron chi connectivity index (χ0n) is 11.7. The first-order chi connectivity index (χ1) is 9.58. The number of carbonyl (C=O) groups excluding carboxylic acids is 1. The van der Waals surface area contributed by atoms with Gasteiger partial charge in [0.1, 0.15) is 5.75 Å². The number of esters is 1. The summed E-state index contributed by atoms with van der Waals surface area (Å²) in [5, 5.41) is 0. The molecule has 0 saturated carbocycles. The molecule has 1 aromatic rings. The second kappa shape index (κ2) is 6.34. The Kier molecular flexibility index (Phi) is 5.22. The van der Waals surface area contributed by atoms with E-state index in [9.17, 15) is 22.0 Å². The Morgan fingerprint density at radius 3 is 2.24 bits per heavy atom. The second-order valence-corrected chi connectivity index (χ2v) is 6.63. The van der Waals surface area contributed by atoms with Crippen molar-refractivity contribution in [3.05, 3.63) is 42.0 Å². The van der Waals surface area contributed by atoms with Gasteiger partial charge in [-0.1, -0.05) is 18.7 Å². The molecular weight excluding hydrogens is 302 g/mol. The van der Waals surface area contributed by atoms with Gasteiger partial charge >= 0.3 is 5.97 Å². The third kappa shape index (κ3) is 4.63. The van der Waals surface area contributed by atoms with E-state index in [4.69, 9.17) is 0 Å². The van der Waals surface area contributed by atoms with Crippen LogP contribution in [-0.2, 0) is 25.8 Å². The van der Waals surface area contributed by atoms with Gasteiger partial charge < -0.3 is 4.74 Å². The number of ether oxygens (including phenoxy) is 1. The number of sulfone groups is 1. The lowest BCUT2D eigenvalue weighted by atomic mass is 10.2. The van der Waals surface area contributed by atoms with Crippen LogP contribution >= 0.6 is 0 Å². The molecule has 0 heterocycles. The van der Waals surface area contributed by atoms with Gasteiger partial charge in [0.15, 0.2) is 9.84 Å². The monoisotopic (exact) mass is 318 g/mol. The van der Waals surface area contributed by atoms with Gasteiger partial charge in [0.25, 0.3) is 5.92 Å². The molecule has 0 spiro atoms. The zero-order valence-corrected chi connectivity index (χ0v) is 12.5. The average Bonchev–Trinajstić information content (AvgIpc) is 2.37. The Labute approximate surface area is 122 Å². The van der Waals surface area contributed by atoms with Crippen molar-refractivity contribution < 1.29 is 26.7 Å². The van der Waals surface area contributed by atoms with Gasteiger partial charge in [-0.3, -0.25) is 4.79 Å². The van der Waals surface area contributed by atoms with Gasteiger partial charge in [0, 0.05) is 0 Å². The van der Waals surface area contributed by atoms with Crippen LogP contribution in [0, 0.1) is 0 Å². The normalized spacial score (nSPS) is 12.0. The summed E-state index contributed by atoms with van der Waals surface area (Å²) in [6.45, 7) is 4.17. The molecule has 0 N–H and O–H groups in total. The van der Waals surface area contributed by atoms with Crippen LogP contribution in [0.15, 0.2) is 41.3 Å². The summed E-state index contributed by atoms with van der Waals surface area (Å²) in [5.41, 5.74) is 0.0286. The van der Waals surface area contributed by atoms with Crippen molar-refractivity contribution in [2.75, 3.05) is 12.9 Å². The molecule has 0 amide bonds. The quantitative estimate of drug-likeness (QED) is 0.597. The Bertz CT molecular complexity index is 633. The van der Waals surface area contributed by atoms with E-state index >= 15 is 0 Å². The maximum atomic E-state index is 13.5. The van der Waals surface area contributed by atoms with Gasteiger partial charge in [-0.2, -0.15) is 0 Å². The Hall–Kier alpha value is -1.76. The first-order valence-corrected chi connectivity index (χ1v) is 7.66. The summed E-state index contributed by atoms with van der Waals surface area (Å²) in [6.07, 6.45) is -0.0151. The van der Waals surface area contributed by atoms with Crippen LogP contribution in [0.4, 0.5) is 8.78 Å². The fourth-order valence-electron chi connectivity index (χ4n) is 1.50. The molecule has 116 valence electrons. The van der Waals surface area contributed by atoms with E-state index in [1.165, 1.54) is 31.4 Å². The predicted molar refractivity (Wildman–Crippen MR) is 74.0 cm³/mol. The number of hydrogen-bond donors (Lipinski definition) is 0. The Balaban J connectivity index is 2.95. The summed E-state index contributed by atoms with van der Waals surface area (Å²) in [6, 6.07) is 5.18. The van der Waals surface area contributed by atoms with E-state index < -0.39 is 33.1 Å². The minimum absolute atomic E-state index is 0.0151. The first kappa shape index (κ1) is 17.3. The molecule has 0 radical (unpaired) electrons. The Morgan fingerprint density at radius 1 is 1.29 bits per heavy atom. The van der Waals surface area contributed by atoms with Crippen LogP contribution in [0.3, 0.4) is 0 Å². The largest absolute Gasteiger partial charge is 0.469 e. The second-order valence-electron chi connectivity index (χ2n) is 4.64. The molecule has 0 bridgehead atoms. The molecular formula is C14H16F2O4S. The molecule has 1 rings (SSSR count). The minimum atomic E-state index is -4.14. The van der Waals surface area contributed by atoms with E-state index in [-0.39, 0.29) is 11.3 Å². The van der Waals surface area contributed by atoms with Crippen molar-refractivity contribution in [3.63, 3.8) is 0 Å². The van der Waals surface area contributed by atoms with Gasteiger partial charge in [0.2, 0.25) is 0 Å². The van der Waals surface area contributed by atoms with Crippen molar-refractivity contribution in [1.29, 1.82) is 0 Å². The highest BCUT2D eigenvalue weighted by Crippen LogP contribution is 2.27. The molecule has 0 aliphatic rings. The van der Waals surface area contributed by atoms with E-state index in [1.54, 1.807) is 0 Å². The molecule has 0 fully saturated rings. The lowest BCUT2D eigenvalue weighted by Gasteiger charge is -2.16. The van der Waals surface area contributed by atoms with Crippen LogP contribution in [0.25, 0.3) is 0 Å². The molecule has 0 aliphatic heterocycles. The van der Waals surface area contributed by atoms with E-state index in [2.05, 4.69) is 11.3 Å². The summed E-state index contributed by atoms with van der Waals surface area (Å²) >= 11 is 0. The third-order valence-corrected chi connectivity index (χ3v) is 4.59. The van der Waals surface area contributed by atoms with Crippen molar-refractivity contribution in [2.24, 2.45) is 0 Å². The summed E-state index contributed by atoms with van der Waals surface area (Å²) < 4.78 is 55.3. The van der Waals surface area contributed by atoms with Crippen molar-refractivity contribution in [3.8, 4) is 0 Å². The maximum absolute atomic E-state index is 13.5. The van der Waals surface area contributed by atoms with Crippen molar-refractivity contribution >= 4 is 15.8 Å². The highest BCUT2D eigenvalue weighted by atomic mass is 32.2. The van der Waals surface area contributed by atoms with Crippen LogP contribution in [0.1, 0.15) is 12.5 Å². The molecule has 21 heavy (non-hydrogen) atoms. The number of methoxy groups -OCH3 is 1. The van der Waals surface area contributed by atoms with E-state index in [0.29, 0.717) is 5.56 Å². The van der Waals surface area contributed by atoms with E-state index in [0.717, 1.165) is 6.92 Å². The summed E-state index contributed by atoms with van der Waals surface area (Å²) in [7, 11) is -2.90. The van der Waals surface area contributed by atoms with Crippen molar-refractivity contribution in [2.45, 2.75) is 24.2 Å². The SMILES string of the molecule is C=C(C)C(F)(F)CS(=O)(=O)c1ccc(CC(=O)OC)cc1. The highest BCUT2D eigenvalue weighted by Gasteiger charge is 2.37. The van der Waals surface area contributed by atoms with Gasteiger partial charge in [-0.05, 0) is 30.2 Å². The van der Waals surface area contributed by atoms with Crippen molar-refractivity contribution in [1.82, 2.24) is 0 Å². The smallest absolute Gasteiger partial charge is 0.309 e. The minimum Gasteiger partial charge on any atom is -0.469 e. The molecule has 0 atom stereocenters. The lowest BCUT2D eigenvalue weighted by Crippen LogP contribution is -2.28. The number of halogens is 2. The van der Waals surface area contributed by atoms with Gasteiger partial charge in [-0.25, -0.2) is 17.2 Å². The van der Waals surface area contributed by atoms with Gasteiger partial charge in [-0.15, -0.1) is 0 Å². The summed E-state index contributed by atoms with van der Waals surface area (Å²) in [5.74, 6) is -5.28. The van der Waals surface area contributed by atoms with Crippen LogP contribution in [0.2, 0.25) is 0 Å². The predicted octanol–water partition coefficient (Wildman–Crippen LogP) is 2.39. The molecule has 0 saturated heterocycles. The van der Waals surface area contributed by atoms with Gasteiger partial charge in [0.05, 0.1) is 18.4 Å². The molecule has 4 nitrogen and oxygen atoms in total.